The van der Waals surface area contributed by atoms with Gasteiger partial charge in [-0.15, -0.1) is 0 Å². The highest BCUT2D eigenvalue weighted by atomic mass is 79.9. The minimum atomic E-state index is 0. The van der Waals surface area contributed by atoms with Gasteiger partial charge in [0.05, 0.1) is 32.5 Å². The van der Waals surface area contributed by atoms with Gasteiger partial charge in [0.2, 0.25) is 0 Å². The first-order chi connectivity index (χ1) is 8.12. The molecule has 0 aromatic carbocycles. The average Bonchev–Trinajstić information content (AvgIpc) is 2.27. The van der Waals surface area contributed by atoms with E-state index in [1.54, 1.807) is 0 Å². The summed E-state index contributed by atoms with van der Waals surface area (Å²) in [6.45, 7) is 4.87. The van der Waals surface area contributed by atoms with Crippen LogP contribution in [0.25, 0.3) is 0 Å². The SMILES string of the molecule is CCCCCCCCCCC[N+](C)(C)CCBr.[Br-]. The first kappa shape index (κ1) is 21.2. The lowest BCUT2D eigenvalue weighted by atomic mass is 10.1. The molecule has 0 aliphatic heterocycles. The van der Waals surface area contributed by atoms with E-state index >= 15 is 0 Å². The van der Waals surface area contributed by atoms with Crippen LogP contribution in [-0.4, -0.2) is 37.0 Å². The van der Waals surface area contributed by atoms with Gasteiger partial charge in [-0.2, -0.15) is 0 Å². The highest BCUT2D eigenvalue weighted by molar-refractivity contribution is 9.09. The molecule has 0 aliphatic carbocycles. The van der Waals surface area contributed by atoms with Crippen LogP contribution in [0.2, 0.25) is 0 Å². The molecule has 0 fully saturated rings. The molecule has 0 saturated carbocycles. The Kier molecular flexibility index (Phi) is 16.9. The summed E-state index contributed by atoms with van der Waals surface area (Å²) in [6, 6.07) is 0. The lowest BCUT2D eigenvalue weighted by Gasteiger charge is -2.29. The van der Waals surface area contributed by atoms with E-state index in [1.165, 1.54) is 75.4 Å². The molecule has 0 amide bonds. The summed E-state index contributed by atoms with van der Waals surface area (Å²) in [5.74, 6) is 0. The molecular formula is C15H33Br2N. The van der Waals surface area contributed by atoms with Crippen molar-refractivity contribution in [1.82, 2.24) is 0 Å². The average molecular weight is 387 g/mol. The van der Waals surface area contributed by atoms with Gasteiger partial charge in [0.1, 0.15) is 0 Å². The minimum Gasteiger partial charge on any atom is -1.00 e. The monoisotopic (exact) mass is 385 g/mol. The van der Waals surface area contributed by atoms with Crippen molar-refractivity contribution >= 4 is 15.9 Å². The lowest BCUT2D eigenvalue weighted by molar-refractivity contribution is -0.887. The number of halogens is 2. The van der Waals surface area contributed by atoms with Gasteiger partial charge in [-0.1, -0.05) is 67.8 Å². The zero-order chi connectivity index (χ0) is 13.0. The molecule has 1 nitrogen and oxygen atoms in total. The third kappa shape index (κ3) is 15.0. The molecule has 0 radical (unpaired) electrons. The number of quaternary nitrogens is 1. The molecule has 0 N–H and O–H groups in total. The second-order valence-corrected chi connectivity index (χ2v) is 6.69. The molecule has 3 heteroatoms. The van der Waals surface area contributed by atoms with Gasteiger partial charge >= 0.3 is 0 Å². The van der Waals surface area contributed by atoms with Crippen LogP contribution < -0.4 is 17.0 Å². The van der Waals surface area contributed by atoms with Crippen LogP contribution in [-0.2, 0) is 0 Å². The molecule has 0 bridgehead atoms. The number of alkyl halides is 1. The first-order valence-electron chi connectivity index (χ1n) is 7.50. The van der Waals surface area contributed by atoms with Gasteiger partial charge in [-0.3, -0.25) is 0 Å². The smallest absolute Gasteiger partial charge is 0.0880 e. The van der Waals surface area contributed by atoms with E-state index in [9.17, 15) is 0 Å². The number of unbranched alkanes of at least 4 members (excludes halogenated alkanes) is 8. The molecule has 0 aromatic heterocycles. The molecule has 0 atom stereocenters. The third-order valence-corrected chi connectivity index (χ3v) is 3.91. The molecular weight excluding hydrogens is 354 g/mol. The number of rotatable bonds is 12. The van der Waals surface area contributed by atoms with Gasteiger partial charge < -0.3 is 21.5 Å². The molecule has 0 heterocycles. The molecule has 0 spiro atoms. The van der Waals surface area contributed by atoms with Gasteiger partial charge in [-0.25, -0.2) is 0 Å². The molecule has 0 aliphatic rings. The summed E-state index contributed by atoms with van der Waals surface area (Å²) in [7, 11) is 4.68. The first-order valence-corrected chi connectivity index (χ1v) is 8.62. The Labute approximate surface area is 134 Å². The van der Waals surface area contributed by atoms with Crippen LogP contribution in [0.15, 0.2) is 0 Å². The van der Waals surface area contributed by atoms with E-state index in [0.29, 0.717) is 0 Å². The van der Waals surface area contributed by atoms with Gasteiger partial charge in [0, 0.05) is 0 Å². The topological polar surface area (TPSA) is 0 Å². The maximum atomic E-state index is 3.53. The highest BCUT2D eigenvalue weighted by Gasteiger charge is 2.12. The van der Waals surface area contributed by atoms with Crippen LogP contribution in [0.1, 0.15) is 64.7 Å². The van der Waals surface area contributed by atoms with Crippen molar-refractivity contribution in [3.05, 3.63) is 0 Å². The number of nitrogens with zero attached hydrogens (tertiary/aromatic N) is 1. The van der Waals surface area contributed by atoms with E-state index in [4.69, 9.17) is 0 Å². The predicted molar refractivity (Wildman–Crippen MR) is 82.9 cm³/mol. The summed E-state index contributed by atoms with van der Waals surface area (Å²) in [4.78, 5) is 0. The van der Waals surface area contributed by atoms with Crippen molar-refractivity contribution < 1.29 is 21.5 Å². The maximum Gasteiger partial charge on any atom is 0.0880 e. The Morgan fingerprint density at radius 2 is 1.17 bits per heavy atom. The zero-order valence-electron chi connectivity index (χ0n) is 12.7. The van der Waals surface area contributed by atoms with E-state index in [2.05, 4.69) is 36.9 Å². The Hall–Kier alpha value is 0.920. The summed E-state index contributed by atoms with van der Waals surface area (Å²) in [5.41, 5.74) is 0. The van der Waals surface area contributed by atoms with Crippen LogP contribution in [0, 0.1) is 0 Å². The van der Waals surface area contributed by atoms with Crippen molar-refractivity contribution in [2.24, 2.45) is 0 Å². The normalized spacial score (nSPS) is 11.3. The van der Waals surface area contributed by atoms with E-state index in [1.807, 2.05) is 0 Å². The summed E-state index contributed by atoms with van der Waals surface area (Å²) in [5, 5.41) is 1.12. The fourth-order valence-electron chi connectivity index (χ4n) is 2.19. The van der Waals surface area contributed by atoms with Crippen molar-refractivity contribution in [1.29, 1.82) is 0 Å². The molecule has 112 valence electrons. The molecule has 0 aromatic rings. The van der Waals surface area contributed by atoms with Crippen LogP contribution in [0.3, 0.4) is 0 Å². The molecule has 0 saturated heterocycles. The Morgan fingerprint density at radius 1 is 0.722 bits per heavy atom. The van der Waals surface area contributed by atoms with Crippen LogP contribution in [0.4, 0.5) is 0 Å². The fraction of sp³-hybridized carbons (Fsp3) is 1.00. The zero-order valence-corrected chi connectivity index (χ0v) is 15.9. The highest BCUT2D eigenvalue weighted by Crippen LogP contribution is 2.11. The maximum absolute atomic E-state index is 3.53. The van der Waals surface area contributed by atoms with E-state index in [-0.39, 0.29) is 17.0 Å². The summed E-state index contributed by atoms with van der Waals surface area (Å²) >= 11 is 3.53. The number of hydrogen-bond donors (Lipinski definition) is 0. The van der Waals surface area contributed by atoms with Crippen molar-refractivity contribution in [3.8, 4) is 0 Å². The van der Waals surface area contributed by atoms with Crippen molar-refractivity contribution in [2.75, 3.05) is 32.5 Å². The van der Waals surface area contributed by atoms with E-state index < -0.39 is 0 Å². The largest absolute Gasteiger partial charge is 1.00 e. The van der Waals surface area contributed by atoms with E-state index in [0.717, 1.165) is 5.33 Å². The van der Waals surface area contributed by atoms with Gasteiger partial charge in [0.15, 0.2) is 0 Å². The molecule has 18 heavy (non-hydrogen) atoms. The predicted octanol–water partition coefficient (Wildman–Crippen LogP) is 1.99. The van der Waals surface area contributed by atoms with Crippen molar-refractivity contribution in [2.45, 2.75) is 64.7 Å². The Morgan fingerprint density at radius 3 is 1.61 bits per heavy atom. The van der Waals surface area contributed by atoms with Crippen LogP contribution >= 0.6 is 15.9 Å². The molecule has 0 rings (SSSR count). The second kappa shape index (κ2) is 14.3. The Bertz CT molecular complexity index is 161. The van der Waals surface area contributed by atoms with Crippen molar-refractivity contribution in [3.63, 3.8) is 0 Å². The standard InChI is InChI=1S/C15H33BrN.BrH/c1-4-5-6-7-8-9-10-11-12-14-17(2,3)15-13-16;/h4-15H2,1-3H3;1H/q+1;/p-1. The lowest BCUT2D eigenvalue weighted by Crippen LogP contribution is -3.00. The third-order valence-electron chi connectivity index (χ3n) is 3.56. The van der Waals surface area contributed by atoms with Crippen LogP contribution in [0.5, 0.6) is 0 Å². The molecule has 0 unspecified atom stereocenters. The fourth-order valence-corrected chi connectivity index (χ4v) is 3.15. The minimum absolute atomic E-state index is 0. The summed E-state index contributed by atoms with van der Waals surface area (Å²) in [6.07, 6.45) is 12.9. The quantitative estimate of drug-likeness (QED) is 0.273. The second-order valence-electron chi connectivity index (χ2n) is 5.90. The van der Waals surface area contributed by atoms with Gasteiger partial charge in [-0.05, 0) is 12.8 Å². The summed E-state index contributed by atoms with van der Waals surface area (Å²) < 4.78 is 1.17. The number of hydrogen-bond acceptors (Lipinski definition) is 0. The Balaban J connectivity index is 0. The van der Waals surface area contributed by atoms with Gasteiger partial charge in [0.25, 0.3) is 0 Å².